The number of methoxy groups -OCH3 is 2. The first-order chi connectivity index (χ1) is 8.56. The van der Waals surface area contributed by atoms with Crippen LogP contribution < -0.4 is 15.2 Å². The molecule has 0 radical (unpaired) electrons. The van der Waals surface area contributed by atoms with E-state index < -0.39 is 5.97 Å². The lowest BCUT2D eigenvalue weighted by atomic mass is 10.0. The summed E-state index contributed by atoms with van der Waals surface area (Å²) in [5, 5.41) is 8.59. The van der Waals surface area contributed by atoms with Gasteiger partial charge in [-0.05, 0) is 30.5 Å². The summed E-state index contributed by atoms with van der Waals surface area (Å²) in [5.74, 6) is 0.499. The number of carboxylic acid groups (broad SMARTS) is 1. The number of aliphatic carboxylic acids is 1. The molecule has 1 atom stereocenters. The van der Waals surface area contributed by atoms with Gasteiger partial charge in [-0.3, -0.25) is 4.79 Å². The smallest absolute Gasteiger partial charge is 0.303 e. The van der Waals surface area contributed by atoms with E-state index in [0.29, 0.717) is 24.3 Å². The Labute approximate surface area is 107 Å². The summed E-state index contributed by atoms with van der Waals surface area (Å²) in [6, 6.07) is 5.42. The van der Waals surface area contributed by atoms with Gasteiger partial charge in [-0.2, -0.15) is 0 Å². The van der Waals surface area contributed by atoms with Gasteiger partial charge in [-0.15, -0.1) is 0 Å². The topological polar surface area (TPSA) is 81.8 Å². The highest BCUT2D eigenvalue weighted by Crippen LogP contribution is 2.28. The quantitative estimate of drug-likeness (QED) is 0.768. The number of carboxylic acids is 1. The average molecular weight is 253 g/mol. The van der Waals surface area contributed by atoms with Crippen molar-refractivity contribution in [2.24, 2.45) is 5.73 Å². The minimum atomic E-state index is -0.822. The van der Waals surface area contributed by atoms with E-state index >= 15 is 0 Å². The van der Waals surface area contributed by atoms with Crippen molar-refractivity contribution < 1.29 is 19.4 Å². The molecule has 5 heteroatoms. The molecule has 0 amide bonds. The fourth-order valence-corrected chi connectivity index (χ4v) is 1.72. The Morgan fingerprint density at radius 1 is 1.33 bits per heavy atom. The zero-order chi connectivity index (χ0) is 13.5. The summed E-state index contributed by atoms with van der Waals surface area (Å²) >= 11 is 0. The molecule has 0 saturated carbocycles. The molecular weight excluding hydrogens is 234 g/mol. The molecule has 0 bridgehead atoms. The normalized spacial score (nSPS) is 11.9. The van der Waals surface area contributed by atoms with Gasteiger partial charge >= 0.3 is 5.97 Å². The lowest BCUT2D eigenvalue weighted by molar-refractivity contribution is -0.137. The predicted octanol–water partition coefficient (Wildman–Crippen LogP) is 1.44. The molecule has 0 aliphatic heterocycles. The highest BCUT2D eigenvalue weighted by atomic mass is 16.5. The first kappa shape index (κ1) is 14.3. The summed E-state index contributed by atoms with van der Waals surface area (Å²) in [4.78, 5) is 10.4. The number of ether oxygens (including phenoxy) is 2. The molecule has 18 heavy (non-hydrogen) atoms. The highest BCUT2D eigenvalue weighted by Gasteiger charge is 2.09. The van der Waals surface area contributed by atoms with Gasteiger partial charge in [0.15, 0.2) is 11.5 Å². The summed E-state index contributed by atoms with van der Waals surface area (Å²) in [5.41, 5.74) is 6.89. The Morgan fingerprint density at radius 3 is 2.56 bits per heavy atom. The molecule has 0 heterocycles. The number of hydrogen-bond acceptors (Lipinski definition) is 4. The Balaban J connectivity index is 2.64. The molecule has 0 fully saturated rings. The van der Waals surface area contributed by atoms with Crippen molar-refractivity contribution in [1.82, 2.24) is 0 Å². The molecule has 5 nitrogen and oxygen atoms in total. The van der Waals surface area contributed by atoms with Crippen LogP contribution in [0.2, 0.25) is 0 Å². The van der Waals surface area contributed by atoms with Crippen molar-refractivity contribution in [2.75, 3.05) is 14.2 Å². The van der Waals surface area contributed by atoms with Crippen LogP contribution in [0.1, 0.15) is 18.4 Å². The predicted molar refractivity (Wildman–Crippen MR) is 68.1 cm³/mol. The lowest BCUT2D eigenvalue weighted by Crippen LogP contribution is -2.23. The lowest BCUT2D eigenvalue weighted by Gasteiger charge is -2.13. The minimum Gasteiger partial charge on any atom is -0.493 e. The van der Waals surface area contributed by atoms with Crippen molar-refractivity contribution in [3.05, 3.63) is 23.8 Å². The average Bonchev–Trinajstić information content (AvgIpc) is 2.36. The molecule has 1 unspecified atom stereocenters. The van der Waals surface area contributed by atoms with Crippen LogP contribution in [0.4, 0.5) is 0 Å². The van der Waals surface area contributed by atoms with E-state index in [0.717, 1.165) is 5.56 Å². The molecule has 1 aromatic rings. The molecule has 0 saturated heterocycles. The Bertz CT molecular complexity index is 406. The molecule has 1 rings (SSSR count). The Kier molecular flexibility index (Phi) is 5.45. The second-order valence-electron chi connectivity index (χ2n) is 4.09. The number of rotatable bonds is 7. The molecule has 100 valence electrons. The van der Waals surface area contributed by atoms with E-state index in [1.807, 2.05) is 18.2 Å². The number of carbonyl (C=O) groups is 1. The third-order valence-corrected chi connectivity index (χ3v) is 2.67. The van der Waals surface area contributed by atoms with Gasteiger partial charge in [0.2, 0.25) is 0 Å². The van der Waals surface area contributed by atoms with Gasteiger partial charge in [0.05, 0.1) is 14.2 Å². The summed E-state index contributed by atoms with van der Waals surface area (Å²) < 4.78 is 10.3. The van der Waals surface area contributed by atoms with Crippen LogP contribution >= 0.6 is 0 Å². The van der Waals surface area contributed by atoms with Gasteiger partial charge in [0.25, 0.3) is 0 Å². The number of benzene rings is 1. The third-order valence-electron chi connectivity index (χ3n) is 2.67. The fraction of sp³-hybridized carbons (Fsp3) is 0.462. The van der Waals surface area contributed by atoms with Crippen LogP contribution in [0.5, 0.6) is 11.5 Å². The molecule has 0 spiro atoms. The van der Waals surface area contributed by atoms with E-state index in [-0.39, 0.29) is 12.5 Å². The summed E-state index contributed by atoms with van der Waals surface area (Å²) in [7, 11) is 3.15. The van der Waals surface area contributed by atoms with Gasteiger partial charge in [0.1, 0.15) is 0 Å². The molecule has 0 aliphatic carbocycles. The molecule has 0 aromatic heterocycles. The zero-order valence-corrected chi connectivity index (χ0v) is 10.7. The van der Waals surface area contributed by atoms with Crippen LogP contribution in [0.25, 0.3) is 0 Å². The van der Waals surface area contributed by atoms with Crippen molar-refractivity contribution in [2.45, 2.75) is 25.3 Å². The number of hydrogen-bond donors (Lipinski definition) is 2. The first-order valence-corrected chi connectivity index (χ1v) is 5.75. The summed E-state index contributed by atoms with van der Waals surface area (Å²) in [6.45, 7) is 0. The van der Waals surface area contributed by atoms with E-state index in [4.69, 9.17) is 20.3 Å². The Hall–Kier alpha value is -1.75. The second kappa shape index (κ2) is 6.86. The van der Waals surface area contributed by atoms with Crippen LogP contribution in [0, 0.1) is 0 Å². The summed E-state index contributed by atoms with van der Waals surface area (Å²) in [6.07, 6.45) is 1.17. The number of nitrogens with two attached hydrogens (primary N) is 1. The maximum atomic E-state index is 10.4. The van der Waals surface area contributed by atoms with E-state index in [9.17, 15) is 4.79 Å². The van der Waals surface area contributed by atoms with Crippen molar-refractivity contribution in [3.8, 4) is 11.5 Å². The molecular formula is C13H19NO4. The van der Waals surface area contributed by atoms with Crippen molar-refractivity contribution in [3.63, 3.8) is 0 Å². The van der Waals surface area contributed by atoms with Gasteiger partial charge < -0.3 is 20.3 Å². The van der Waals surface area contributed by atoms with Crippen LogP contribution in [0.15, 0.2) is 18.2 Å². The van der Waals surface area contributed by atoms with Gasteiger partial charge in [-0.1, -0.05) is 6.07 Å². The van der Waals surface area contributed by atoms with Crippen LogP contribution in [-0.4, -0.2) is 31.3 Å². The zero-order valence-electron chi connectivity index (χ0n) is 10.7. The standard InChI is InChI=1S/C13H19NO4/c1-17-11-5-3-9(8-12(11)18-2)7-10(14)4-6-13(15)16/h3,5,8,10H,4,6-7,14H2,1-2H3,(H,15,16). The van der Waals surface area contributed by atoms with Crippen molar-refractivity contribution >= 4 is 5.97 Å². The van der Waals surface area contributed by atoms with Crippen LogP contribution in [0.3, 0.4) is 0 Å². The van der Waals surface area contributed by atoms with Crippen LogP contribution in [-0.2, 0) is 11.2 Å². The third kappa shape index (κ3) is 4.25. The van der Waals surface area contributed by atoms with Gasteiger partial charge in [0, 0.05) is 12.5 Å². The first-order valence-electron chi connectivity index (χ1n) is 5.75. The molecule has 3 N–H and O–H groups in total. The minimum absolute atomic E-state index is 0.0917. The van der Waals surface area contributed by atoms with E-state index in [2.05, 4.69) is 0 Å². The maximum absolute atomic E-state index is 10.4. The van der Waals surface area contributed by atoms with Crippen molar-refractivity contribution in [1.29, 1.82) is 0 Å². The van der Waals surface area contributed by atoms with E-state index in [1.54, 1.807) is 14.2 Å². The second-order valence-corrected chi connectivity index (χ2v) is 4.09. The monoisotopic (exact) mass is 253 g/mol. The highest BCUT2D eigenvalue weighted by molar-refractivity contribution is 5.66. The molecule has 1 aromatic carbocycles. The van der Waals surface area contributed by atoms with E-state index in [1.165, 1.54) is 0 Å². The Morgan fingerprint density at radius 2 is 2.00 bits per heavy atom. The largest absolute Gasteiger partial charge is 0.493 e. The fourth-order valence-electron chi connectivity index (χ4n) is 1.72. The van der Waals surface area contributed by atoms with Gasteiger partial charge in [-0.25, -0.2) is 0 Å². The molecule has 0 aliphatic rings. The SMILES string of the molecule is COc1ccc(CC(N)CCC(=O)O)cc1OC. The maximum Gasteiger partial charge on any atom is 0.303 e.